The van der Waals surface area contributed by atoms with E-state index >= 15 is 0 Å². The van der Waals surface area contributed by atoms with Crippen molar-refractivity contribution in [3.63, 3.8) is 0 Å². The Bertz CT molecular complexity index is 756. The minimum Gasteiger partial charge on any atom is -0.341 e. The average Bonchev–Trinajstić information content (AvgIpc) is 2.61. The summed E-state index contributed by atoms with van der Waals surface area (Å²) in [4.78, 5) is 24.3. The Morgan fingerprint density at radius 1 is 0.923 bits per heavy atom. The third kappa shape index (κ3) is 5.19. The van der Waals surface area contributed by atoms with Crippen molar-refractivity contribution in [1.29, 1.82) is 0 Å². The highest BCUT2D eigenvalue weighted by atomic mass is 16.2. The molecule has 0 heterocycles. The number of nitrogens with one attached hydrogen (secondary N) is 2. The van der Waals surface area contributed by atoms with Gasteiger partial charge < -0.3 is 10.6 Å². The standard InChI is InChI=1S/C22H28N2O2/c1-6-16-7-9-17(10-8-16)15(2)23-20(25)21(26)24-19-13-11-18(12-14-19)22(3,4)5/h7-15H,6H2,1-5H3,(H,23,25)(H,24,26). The predicted molar refractivity (Wildman–Crippen MR) is 106 cm³/mol. The number of hydrogen-bond donors (Lipinski definition) is 2. The van der Waals surface area contributed by atoms with E-state index in [1.807, 2.05) is 55.5 Å². The van der Waals surface area contributed by atoms with Gasteiger partial charge in [-0.3, -0.25) is 9.59 Å². The molecule has 2 N–H and O–H groups in total. The Balaban J connectivity index is 1.95. The molecule has 0 fully saturated rings. The first-order valence-corrected chi connectivity index (χ1v) is 9.02. The maximum atomic E-state index is 12.2. The van der Waals surface area contributed by atoms with Gasteiger partial charge in [-0.05, 0) is 47.6 Å². The lowest BCUT2D eigenvalue weighted by Crippen LogP contribution is -2.36. The van der Waals surface area contributed by atoms with E-state index in [-0.39, 0.29) is 11.5 Å². The zero-order valence-corrected chi connectivity index (χ0v) is 16.2. The summed E-state index contributed by atoms with van der Waals surface area (Å²) in [6.07, 6.45) is 0.970. The molecule has 4 nitrogen and oxygen atoms in total. The van der Waals surface area contributed by atoms with Crippen LogP contribution in [0.5, 0.6) is 0 Å². The van der Waals surface area contributed by atoms with Gasteiger partial charge in [-0.2, -0.15) is 0 Å². The average molecular weight is 352 g/mol. The fraction of sp³-hybridized carbons (Fsp3) is 0.364. The zero-order valence-electron chi connectivity index (χ0n) is 16.2. The molecule has 0 aromatic heterocycles. The van der Waals surface area contributed by atoms with Gasteiger partial charge in [0.1, 0.15) is 0 Å². The minimum absolute atomic E-state index is 0.0443. The maximum absolute atomic E-state index is 12.2. The summed E-state index contributed by atoms with van der Waals surface area (Å²) in [6, 6.07) is 15.4. The van der Waals surface area contributed by atoms with Crippen molar-refractivity contribution in [3.8, 4) is 0 Å². The molecule has 26 heavy (non-hydrogen) atoms. The van der Waals surface area contributed by atoms with Crippen LogP contribution in [0.3, 0.4) is 0 Å². The highest BCUT2D eigenvalue weighted by molar-refractivity contribution is 6.39. The molecule has 138 valence electrons. The molecule has 1 unspecified atom stereocenters. The zero-order chi connectivity index (χ0) is 19.3. The van der Waals surface area contributed by atoms with Gasteiger partial charge in [0.15, 0.2) is 0 Å². The molecule has 2 aromatic rings. The van der Waals surface area contributed by atoms with E-state index in [0.717, 1.165) is 12.0 Å². The first-order chi connectivity index (χ1) is 12.2. The van der Waals surface area contributed by atoms with Crippen molar-refractivity contribution in [1.82, 2.24) is 5.32 Å². The molecule has 4 heteroatoms. The molecule has 0 aliphatic rings. The second kappa shape index (κ2) is 8.17. The lowest BCUT2D eigenvalue weighted by molar-refractivity contribution is -0.136. The molecule has 0 saturated carbocycles. The predicted octanol–water partition coefficient (Wildman–Crippen LogP) is 4.36. The Morgan fingerprint density at radius 3 is 2.00 bits per heavy atom. The number of carbonyl (C=O) groups is 2. The summed E-state index contributed by atoms with van der Waals surface area (Å²) < 4.78 is 0. The van der Waals surface area contributed by atoms with E-state index in [4.69, 9.17) is 0 Å². The van der Waals surface area contributed by atoms with Crippen molar-refractivity contribution >= 4 is 17.5 Å². The van der Waals surface area contributed by atoms with Gasteiger partial charge in [0.25, 0.3) is 0 Å². The van der Waals surface area contributed by atoms with Crippen LogP contribution in [0.4, 0.5) is 5.69 Å². The molecule has 0 aliphatic heterocycles. The summed E-state index contributed by atoms with van der Waals surface area (Å²) >= 11 is 0. The molecule has 2 amide bonds. The van der Waals surface area contributed by atoms with Crippen molar-refractivity contribution < 1.29 is 9.59 Å². The van der Waals surface area contributed by atoms with Gasteiger partial charge in [-0.25, -0.2) is 0 Å². The molecule has 0 saturated heterocycles. The van der Waals surface area contributed by atoms with Gasteiger partial charge in [0.05, 0.1) is 6.04 Å². The van der Waals surface area contributed by atoms with E-state index in [0.29, 0.717) is 5.69 Å². The third-order valence-electron chi connectivity index (χ3n) is 4.45. The fourth-order valence-corrected chi connectivity index (χ4v) is 2.63. The van der Waals surface area contributed by atoms with E-state index in [9.17, 15) is 9.59 Å². The van der Waals surface area contributed by atoms with Crippen LogP contribution in [0, 0.1) is 0 Å². The normalized spacial score (nSPS) is 12.3. The number of hydrogen-bond acceptors (Lipinski definition) is 2. The number of anilines is 1. The summed E-state index contributed by atoms with van der Waals surface area (Å²) in [5.41, 5.74) is 4.03. The summed E-state index contributed by atoms with van der Waals surface area (Å²) in [5.74, 6) is -1.30. The fourth-order valence-electron chi connectivity index (χ4n) is 2.63. The molecule has 0 aliphatic carbocycles. The van der Waals surface area contributed by atoms with Crippen molar-refractivity contribution in [2.24, 2.45) is 0 Å². The molecular weight excluding hydrogens is 324 g/mol. The molecule has 0 bridgehead atoms. The second-order valence-corrected chi connectivity index (χ2v) is 7.57. The number of carbonyl (C=O) groups excluding carboxylic acids is 2. The van der Waals surface area contributed by atoms with Crippen LogP contribution in [0.2, 0.25) is 0 Å². The smallest absolute Gasteiger partial charge is 0.313 e. The Labute approximate surface area is 156 Å². The molecular formula is C22H28N2O2. The number of aryl methyl sites for hydroxylation is 1. The largest absolute Gasteiger partial charge is 0.341 e. The van der Waals surface area contributed by atoms with Crippen molar-refractivity contribution in [2.75, 3.05) is 5.32 Å². The summed E-state index contributed by atoms with van der Waals surface area (Å²) in [7, 11) is 0. The van der Waals surface area contributed by atoms with E-state index < -0.39 is 11.8 Å². The van der Waals surface area contributed by atoms with E-state index in [1.54, 1.807) is 0 Å². The summed E-state index contributed by atoms with van der Waals surface area (Å²) in [5, 5.41) is 5.38. The Morgan fingerprint density at radius 2 is 1.50 bits per heavy atom. The Kier molecular flexibility index (Phi) is 6.19. The second-order valence-electron chi connectivity index (χ2n) is 7.57. The van der Waals surface area contributed by atoms with Crippen LogP contribution in [-0.4, -0.2) is 11.8 Å². The Hall–Kier alpha value is -2.62. The van der Waals surface area contributed by atoms with Gasteiger partial charge >= 0.3 is 11.8 Å². The number of rotatable bonds is 4. The molecule has 0 spiro atoms. The van der Waals surface area contributed by atoms with Crippen LogP contribution in [0.15, 0.2) is 48.5 Å². The van der Waals surface area contributed by atoms with Crippen molar-refractivity contribution in [3.05, 3.63) is 65.2 Å². The number of amides is 2. The summed E-state index contributed by atoms with van der Waals surface area (Å²) in [6.45, 7) is 10.3. The number of benzene rings is 2. The van der Waals surface area contributed by atoms with Gasteiger partial charge in [-0.15, -0.1) is 0 Å². The molecule has 1 atom stereocenters. The third-order valence-corrected chi connectivity index (χ3v) is 4.45. The maximum Gasteiger partial charge on any atom is 0.313 e. The molecule has 2 aromatic carbocycles. The van der Waals surface area contributed by atoms with Crippen molar-refractivity contribution in [2.45, 2.75) is 52.5 Å². The first-order valence-electron chi connectivity index (χ1n) is 9.02. The highest BCUT2D eigenvalue weighted by Gasteiger charge is 2.18. The van der Waals surface area contributed by atoms with Crippen LogP contribution in [-0.2, 0) is 21.4 Å². The van der Waals surface area contributed by atoms with Crippen LogP contribution in [0.25, 0.3) is 0 Å². The molecule has 2 rings (SSSR count). The molecule has 0 radical (unpaired) electrons. The van der Waals surface area contributed by atoms with E-state index in [2.05, 4.69) is 38.3 Å². The van der Waals surface area contributed by atoms with Gasteiger partial charge in [0.2, 0.25) is 0 Å². The van der Waals surface area contributed by atoms with Crippen LogP contribution < -0.4 is 10.6 Å². The highest BCUT2D eigenvalue weighted by Crippen LogP contribution is 2.23. The van der Waals surface area contributed by atoms with Crippen LogP contribution in [0.1, 0.15) is 57.4 Å². The van der Waals surface area contributed by atoms with E-state index in [1.165, 1.54) is 11.1 Å². The lowest BCUT2D eigenvalue weighted by atomic mass is 9.87. The minimum atomic E-state index is -0.662. The quantitative estimate of drug-likeness (QED) is 0.803. The monoisotopic (exact) mass is 352 g/mol. The van der Waals surface area contributed by atoms with Gasteiger partial charge in [-0.1, -0.05) is 64.1 Å². The van der Waals surface area contributed by atoms with Gasteiger partial charge in [0, 0.05) is 5.69 Å². The first kappa shape index (κ1) is 19.7. The van der Waals surface area contributed by atoms with Crippen LogP contribution >= 0.6 is 0 Å². The lowest BCUT2D eigenvalue weighted by Gasteiger charge is -2.19. The SMILES string of the molecule is CCc1ccc(C(C)NC(=O)C(=O)Nc2ccc(C(C)(C)C)cc2)cc1. The topological polar surface area (TPSA) is 58.2 Å².